The van der Waals surface area contributed by atoms with E-state index in [0.29, 0.717) is 5.56 Å². The molecule has 0 radical (unpaired) electrons. The van der Waals surface area contributed by atoms with Crippen LogP contribution in [-0.2, 0) is 0 Å². The number of benzene rings is 2. The lowest BCUT2D eigenvalue weighted by Crippen LogP contribution is -2.17. The van der Waals surface area contributed by atoms with Crippen molar-refractivity contribution in [2.75, 3.05) is 7.05 Å². The topological polar surface area (TPSA) is 29.1 Å². The Morgan fingerprint density at radius 3 is 2.05 bits per heavy atom. The van der Waals surface area contributed by atoms with Crippen LogP contribution in [-0.4, -0.2) is 13.0 Å². The minimum atomic E-state index is -0.0815. The van der Waals surface area contributed by atoms with Crippen LogP contribution in [0.4, 0.5) is 0 Å². The van der Waals surface area contributed by atoms with Crippen LogP contribution in [0.25, 0.3) is 11.6 Å². The molecule has 114 valence electrons. The average Bonchev–Trinajstić information content (AvgIpc) is 2.61. The van der Waals surface area contributed by atoms with Crippen molar-refractivity contribution in [3.63, 3.8) is 0 Å². The highest BCUT2D eigenvalue weighted by atomic mass is 16.1. The van der Waals surface area contributed by atoms with Crippen LogP contribution in [0.2, 0.25) is 0 Å². The summed E-state index contributed by atoms with van der Waals surface area (Å²) < 4.78 is 0. The van der Waals surface area contributed by atoms with E-state index in [1.54, 1.807) is 19.2 Å². The van der Waals surface area contributed by atoms with Crippen molar-refractivity contribution in [2.24, 2.45) is 0 Å². The Labute approximate surface area is 133 Å². The number of hydrogen-bond acceptors (Lipinski definition) is 1. The molecule has 2 rings (SSSR count). The third-order valence-corrected chi connectivity index (χ3v) is 3.02. The summed E-state index contributed by atoms with van der Waals surface area (Å²) in [5.41, 5.74) is 3.70. The standard InChI is InChI=1S/C18H17NO.C2H6/c1-14(8-9-15-6-4-3-5-7-15)16-10-12-17(13-11-16)18(20)19-2;1-2/h3-13H,1H2,2H3,(H,19,20);1-2H3/b9-8+;. The summed E-state index contributed by atoms with van der Waals surface area (Å²) in [5.74, 6) is -0.0815. The first-order valence-electron chi connectivity index (χ1n) is 7.45. The van der Waals surface area contributed by atoms with Crippen LogP contribution in [0.3, 0.4) is 0 Å². The molecule has 0 aliphatic carbocycles. The molecule has 2 nitrogen and oxygen atoms in total. The molecule has 0 heterocycles. The SMILES string of the molecule is C=C(/C=C/c1ccccc1)c1ccc(C(=O)NC)cc1.CC. The number of amides is 1. The number of hydrogen-bond donors (Lipinski definition) is 1. The molecule has 2 heteroatoms. The van der Waals surface area contributed by atoms with Crippen molar-refractivity contribution in [2.45, 2.75) is 13.8 Å². The van der Waals surface area contributed by atoms with Crippen molar-refractivity contribution >= 4 is 17.6 Å². The molecule has 0 aromatic heterocycles. The monoisotopic (exact) mass is 293 g/mol. The summed E-state index contributed by atoms with van der Waals surface area (Å²) in [6, 6.07) is 17.5. The summed E-state index contributed by atoms with van der Waals surface area (Å²) in [4.78, 5) is 11.5. The van der Waals surface area contributed by atoms with Gasteiger partial charge in [0.05, 0.1) is 0 Å². The van der Waals surface area contributed by atoms with E-state index in [-0.39, 0.29) is 5.91 Å². The molecule has 0 aliphatic rings. The molecule has 1 amide bonds. The van der Waals surface area contributed by atoms with Gasteiger partial charge in [0.2, 0.25) is 0 Å². The van der Waals surface area contributed by atoms with E-state index >= 15 is 0 Å². The molecule has 1 N–H and O–H groups in total. The molecule has 0 atom stereocenters. The molecule has 0 fully saturated rings. The van der Waals surface area contributed by atoms with Crippen LogP contribution in [0.5, 0.6) is 0 Å². The van der Waals surface area contributed by atoms with Gasteiger partial charge in [0, 0.05) is 12.6 Å². The molecular weight excluding hydrogens is 270 g/mol. The van der Waals surface area contributed by atoms with E-state index in [9.17, 15) is 4.79 Å². The number of allylic oxidation sites excluding steroid dienone is 2. The number of nitrogens with one attached hydrogen (secondary N) is 1. The highest BCUT2D eigenvalue weighted by Crippen LogP contribution is 2.16. The van der Waals surface area contributed by atoms with Crippen molar-refractivity contribution in [3.05, 3.63) is 83.9 Å². The van der Waals surface area contributed by atoms with Crippen LogP contribution in [0.15, 0.2) is 67.3 Å². The smallest absolute Gasteiger partial charge is 0.251 e. The van der Waals surface area contributed by atoms with E-state index in [0.717, 1.165) is 16.7 Å². The van der Waals surface area contributed by atoms with Gasteiger partial charge in [-0.05, 0) is 28.8 Å². The highest BCUT2D eigenvalue weighted by molar-refractivity contribution is 5.94. The van der Waals surface area contributed by atoms with Crippen molar-refractivity contribution < 1.29 is 4.79 Å². The fourth-order valence-electron chi connectivity index (χ4n) is 1.84. The Balaban J connectivity index is 0.00000116. The zero-order valence-corrected chi connectivity index (χ0v) is 13.5. The summed E-state index contributed by atoms with van der Waals surface area (Å²) in [7, 11) is 1.62. The zero-order chi connectivity index (χ0) is 16.4. The van der Waals surface area contributed by atoms with Gasteiger partial charge >= 0.3 is 0 Å². The third kappa shape index (κ3) is 5.06. The van der Waals surface area contributed by atoms with Gasteiger partial charge in [-0.15, -0.1) is 0 Å². The van der Waals surface area contributed by atoms with Crippen molar-refractivity contribution in [3.8, 4) is 0 Å². The van der Waals surface area contributed by atoms with E-state index in [2.05, 4.69) is 11.9 Å². The number of rotatable bonds is 4. The molecule has 0 aliphatic heterocycles. The second-order valence-electron chi connectivity index (χ2n) is 4.43. The first-order valence-corrected chi connectivity index (χ1v) is 7.45. The summed E-state index contributed by atoms with van der Waals surface area (Å²) in [6.07, 6.45) is 4.00. The van der Waals surface area contributed by atoms with E-state index in [1.165, 1.54) is 0 Å². The second-order valence-corrected chi connectivity index (χ2v) is 4.43. The first kappa shape index (κ1) is 17.4. The fourth-order valence-corrected chi connectivity index (χ4v) is 1.84. The Kier molecular flexibility index (Phi) is 7.41. The first-order chi connectivity index (χ1) is 10.7. The lowest BCUT2D eigenvalue weighted by Gasteiger charge is -2.03. The maximum absolute atomic E-state index is 11.5. The maximum atomic E-state index is 11.5. The number of carbonyl (C=O) groups excluding carboxylic acids is 1. The summed E-state index contributed by atoms with van der Waals surface area (Å²) >= 11 is 0. The minimum Gasteiger partial charge on any atom is -0.355 e. The predicted octanol–water partition coefficient (Wildman–Crippen LogP) is 4.80. The summed E-state index contributed by atoms with van der Waals surface area (Å²) in [5, 5.41) is 2.60. The van der Waals surface area contributed by atoms with Gasteiger partial charge in [-0.2, -0.15) is 0 Å². The van der Waals surface area contributed by atoms with Crippen molar-refractivity contribution in [1.29, 1.82) is 0 Å². The van der Waals surface area contributed by atoms with Crippen LogP contribution >= 0.6 is 0 Å². The van der Waals surface area contributed by atoms with Crippen molar-refractivity contribution in [1.82, 2.24) is 5.32 Å². The van der Waals surface area contributed by atoms with Gasteiger partial charge in [0.15, 0.2) is 0 Å². The second kappa shape index (κ2) is 9.35. The van der Waals surface area contributed by atoms with Crippen LogP contribution in [0, 0.1) is 0 Å². The summed E-state index contributed by atoms with van der Waals surface area (Å²) in [6.45, 7) is 8.05. The van der Waals surface area contributed by atoms with Gasteiger partial charge in [0.1, 0.15) is 0 Å². The minimum absolute atomic E-state index is 0.0815. The molecule has 0 saturated carbocycles. The van der Waals surface area contributed by atoms with E-state index in [4.69, 9.17) is 0 Å². The van der Waals surface area contributed by atoms with Gasteiger partial charge in [-0.1, -0.05) is 75.0 Å². The van der Waals surface area contributed by atoms with Gasteiger partial charge in [-0.3, -0.25) is 4.79 Å². The predicted molar refractivity (Wildman–Crippen MR) is 95.7 cm³/mol. The van der Waals surface area contributed by atoms with Gasteiger partial charge < -0.3 is 5.32 Å². The van der Waals surface area contributed by atoms with Crippen LogP contribution < -0.4 is 5.32 Å². The van der Waals surface area contributed by atoms with Gasteiger partial charge in [-0.25, -0.2) is 0 Å². The van der Waals surface area contributed by atoms with E-state index < -0.39 is 0 Å². The number of carbonyl (C=O) groups is 1. The largest absolute Gasteiger partial charge is 0.355 e. The maximum Gasteiger partial charge on any atom is 0.251 e. The highest BCUT2D eigenvalue weighted by Gasteiger charge is 2.02. The Bertz CT molecular complexity index is 625. The lowest BCUT2D eigenvalue weighted by molar-refractivity contribution is 0.0963. The molecular formula is C20H23NO. The third-order valence-electron chi connectivity index (χ3n) is 3.02. The zero-order valence-electron chi connectivity index (χ0n) is 13.5. The van der Waals surface area contributed by atoms with Crippen LogP contribution in [0.1, 0.15) is 35.3 Å². The molecule has 0 bridgehead atoms. The molecule has 0 saturated heterocycles. The Hall–Kier alpha value is -2.61. The molecule has 0 spiro atoms. The lowest BCUT2D eigenvalue weighted by atomic mass is 10.0. The molecule has 0 unspecified atom stereocenters. The Morgan fingerprint density at radius 2 is 1.50 bits per heavy atom. The normalized spacial score (nSPS) is 9.77. The fraction of sp³-hybridized carbons (Fsp3) is 0.150. The average molecular weight is 293 g/mol. The molecule has 22 heavy (non-hydrogen) atoms. The molecule has 2 aromatic carbocycles. The van der Waals surface area contributed by atoms with E-state index in [1.807, 2.05) is 68.5 Å². The quantitative estimate of drug-likeness (QED) is 0.806. The Morgan fingerprint density at radius 1 is 0.955 bits per heavy atom. The molecule has 2 aromatic rings. The van der Waals surface area contributed by atoms with Gasteiger partial charge in [0.25, 0.3) is 5.91 Å².